The van der Waals surface area contributed by atoms with Gasteiger partial charge in [-0.25, -0.2) is 0 Å². The Kier molecular flexibility index (Phi) is 6.01. The standard InChI is InChI=1S/C13H27NO2/c1-10(2)11(9-15)12(16)14(6)8-7-13(3,4)5/h10-11,15H,7-9H2,1-6H3. The van der Waals surface area contributed by atoms with E-state index < -0.39 is 0 Å². The van der Waals surface area contributed by atoms with Gasteiger partial charge in [-0.15, -0.1) is 0 Å². The summed E-state index contributed by atoms with van der Waals surface area (Å²) in [4.78, 5) is 13.7. The maximum absolute atomic E-state index is 12.0. The number of amides is 1. The molecule has 0 aromatic heterocycles. The summed E-state index contributed by atoms with van der Waals surface area (Å²) in [6.07, 6.45) is 0.978. The summed E-state index contributed by atoms with van der Waals surface area (Å²) < 4.78 is 0. The Labute approximate surface area is 99.8 Å². The Bertz CT molecular complexity index is 218. The second kappa shape index (κ2) is 6.24. The highest BCUT2D eigenvalue weighted by Crippen LogP contribution is 2.20. The third-order valence-electron chi connectivity index (χ3n) is 2.89. The fourth-order valence-corrected chi connectivity index (χ4v) is 1.47. The van der Waals surface area contributed by atoms with Gasteiger partial charge in [-0.2, -0.15) is 0 Å². The van der Waals surface area contributed by atoms with Gasteiger partial charge in [-0.05, 0) is 17.8 Å². The monoisotopic (exact) mass is 229 g/mol. The zero-order valence-electron chi connectivity index (χ0n) is 11.6. The summed E-state index contributed by atoms with van der Waals surface area (Å²) in [6, 6.07) is 0. The van der Waals surface area contributed by atoms with Crippen molar-refractivity contribution in [2.24, 2.45) is 17.3 Å². The predicted octanol–water partition coefficient (Wildman–Crippen LogP) is 2.15. The number of hydrogen-bond acceptors (Lipinski definition) is 2. The van der Waals surface area contributed by atoms with Gasteiger partial charge in [0.1, 0.15) is 0 Å². The van der Waals surface area contributed by atoms with Gasteiger partial charge in [-0.3, -0.25) is 4.79 Å². The second-order valence-electron chi connectivity index (χ2n) is 6.10. The van der Waals surface area contributed by atoms with Gasteiger partial charge in [0.2, 0.25) is 5.91 Å². The maximum atomic E-state index is 12.0. The molecule has 16 heavy (non-hydrogen) atoms. The lowest BCUT2D eigenvalue weighted by Crippen LogP contribution is -2.38. The maximum Gasteiger partial charge on any atom is 0.228 e. The first kappa shape index (κ1) is 15.4. The van der Waals surface area contributed by atoms with E-state index in [0.29, 0.717) is 0 Å². The second-order valence-corrected chi connectivity index (χ2v) is 6.10. The molecule has 0 aromatic rings. The number of nitrogens with zero attached hydrogens (tertiary/aromatic N) is 1. The molecular weight excluding hydrogens is 202 g/mol. The Balaban J connectivity index is 4.27. The number of rotatable bonds is 5. The minimum atomic E-state index is -0.259. The number of aliphatic hydroxyl groups is 1. The summed E-state index contributed by atoms with van der Waals surface area (Å²) in [7, 11) is 1.82. The van der Waals surface area contributed by atoms with Crippen molar-refractivity contribution in [3.05, 3.63) is 0 Å². The molecule has 3 heteroatoms. The lowest BCUT2D eigenvalue weighted by Gasteiger charge is -2.27. The molecule has 0 aromatic carbocycles. The van der Waals surface area contributed by atoms with Crippen molar-refractivity contribution in [3.8, 4) is 0 Å². The first-order valence-corrected chi connectivity index (χ1v) is 6.05. The van der Waals surface area contributed by atoms with Crippen LogP contribution in [0, 0.1) is 17.3 Å². The van der Waals surface area contributed by atoms with Crippen LogP contribution in [0.5, 0.6) is 0 Å². The average Bonchev–Trinajstić information content (AvgIpc) is 2.13. The van der Waals surface area contributed by atoms with Crippen LogP contribution in [0.15, 0.2) is 0 Å². The van der Waals surface area contributed by atoms with Crippen LogP contribution in [0.2, 0.25) is 0 Å². The fourth-order valence-electron chi connectivity index (χ4n) is 1.47. The molecule has 0 heterocycles. The van der Waals surface area contributed by atoms with Gasteiger partial charge < -0.3 is 10.0 Å². The SMILES string of the molecule is CC(C)C(CO)C(=O)N(C)CCC(C)(C)C. The van der Waals surface area contributed by atoms with E-state index in [9.17, 15) is 9.90 Å². The molecule has 1 atom stereocenters. The Morgan fingerprint density at radius 2 is 1.81 bits per heavy atom. The quantitative estimate of drug-likeness (QED) is 0.784. The molecule has 0 spiro atoms. The normalized spacial score (nSPS) is 14.0. The summed E-state index contributed by atoms with van der Waals surface area (Å²) >= 11 is 0. The van der Waals surface area contributed by atoms with Crippen LogP contribution in [0.4, 0.5) is 0 Å². The smallest absolute Gasteiger partial charge is 0.228 e. The summed E-state index contributed by atoms with van der Waals surface area (Å²) in [5.74, 6) is -0.0127. The summed E-state index contributed by atoms with van der Waals surface area (Å²) in [6.45, 7) is 11.1. The molecule has 0 saturated carbocycles. The van der Waals surface area contributed by atoms with E-state index in [0.717, 1.165) is 13.0 Å². The molecule has 0 saturated heterocycles. The first-order chi connectivity index (χ1) is 7.19. The Morgan fingerprint density at radius 1 is 1.31 bits per heavy atom. The van der Waals surface area contributed by atoms with E-state index in [4.69, 9.17) is 0 Å². The Hall–Kier alpha value is -0.570. The summed E-state index contributed by atoms with van der Waals surface area (Å²) in [5.41, 5.74) is 0.237. The molecule has 1 amide bonds. The van der Waals surface area contributed by atoms with Crippen LogP contribution in [0.3, 0.4) is 0 Å². The van der Waals surface area contributed by atoms with Gasteiger partial charge in [0.25, 0.3) is 0 Å². The third-order valence-corrected chi connectivity index (χ3v) is 2.89. The molecule has 1 N–H and O–H groups in total. The topological polar surface area (TPSA) is 40.5 Å². The Morgan fingerprint density at radius 3 is 2.12 bits per heavy atom. The number of carbonyl (C=O) groups is 1. The van der Waals surface area contributed by atoms with E-state index >= 15 is 0 Å². The molecule has 96 valence electrons. The molecule has 0 fully saturated rings. The lowest BCUT2D eigenvalue weighted by molar-refractivity contribution is -0.137. The molecule has 0 aliphatic rings. The molecule has 0 bridgehead atoms. The van der Waals surface area contributed by atoms with E-state index in [2.05, 4.69) is 20.8 Å². The first-order valence-electron chi connectivity index (χ1n) is 6.05. The van der Waals surface area contributed by atoms with Gasteiger partial charge in [0.15, 0.2) is 0 Å². The fraction of sp³-hybridized carbons (Fsp3) is 0.923. The largest absolute Gasteiger partial charge is 0.396 e. The molecule has 0 aliphatic carbocycles. The van der Waals surface area contributed by atoms with Crippen LogP contribution in [0.1, 0.15) is 41.0 Å². The van der Waals surface area contributed by atoms with Gasteiger partial charge in [-0.1, -0.05) is 34.6 Å². The van der Waals surface area contributed by atoms with Crippen molar-refractivity contribution < 1.29 is 9.90 Å². The van der Waals surface area contributed by atoms with Gasteiger partial charge in [0, 0.05) is 13.6 Å². The molecule has 0 radical (unpaired) electrons. The highest BCUT2D eigenvalue weighted by atomic mass is 16.3. The van der Waals surface area contributed by atoms with Crippen LogP contribution in [-0.2, 0) is 4.79 Å². The number of hydrogen-bond donors (Lipinski definition) is 1. The number of carbonyl (C=O) groups excluding carboxylic acids is 1. The summed E-state index contributed by atoms with van der Waals surface area (Å²) in [5, 5.41) is 9.20. The number of aliphatic hydroxyl groups excluding tert-OH is 1. The third kappa shape index (κ3) is 5.50. The van der Waals surface area contributed by atoms with E-state index in [1.165, 1.54) is 0 Å². The molecule has 0 aliphatic heterocycles. The molecule has 3 nitrogen and oxygen atoms in total. The van der Waals surface area contributed by atoms with Crippen molar-refractivity contribution in [1.82, 2.24) is 4.90 Å². The van der Waals surface area contributed by atoms with Crippen molar-refractivity contribution in [1.29, 1.82) is 0 Å². The highest BCUT2D eigenvalue weighted by molar-refractivity contribution is 5.78. The zero-order chi connectivity index (χ0) is 12.9. The molecule has 1 unspecified atom stereocenters. The van der Waals surface area contributed by atoms with E-state index in [1.807, 2.05) is 20.9 Å². The average molecular weight is 229 g/mol. The van der Waals surface area contributed by atoms with Crippen molar-refractivity contribution in [2.75, 3.05) is 20.2 Å². The van der Waals surface area contributed by atoms with Crippen molar-refractivity contribution >= 4 is 5.91 Å². The lowest BCUT2D eigenvalue weighted by atomic mass is 9.91. The molecular formula is C13H27NO2. The zero-order valence-corrected chi connectivity index (χ0v) is 11.6. The van der Waals surface area contributed by atoms with Crippen molar-refractivity contribution in [2.45, 2.75) is 41.0 Å². The van der Waals surface area contributed by atoms with E-state index in [-0.39, 0.29) is 29.8 Å². The van der Waals surface area contributed by atoms with Gasteiger partial charge >= 0.3 is 0 Å². The van der Waals surface area contributed by atoms with E-state index in [1.54, 1.807) is 4.90 Å². The van der Waals surface area contributed by atoms with Crippen LogP contribution in [0.25, 0.3) is 0 Å². The van der Waals surface area contributed by atoms with Crippen LogP contribution >= 0.6 is 0 Å². The van der Waals surface area contributed by atoms with Crippen LogP contribution < -0.4 is 0 Å². The van der Waals surface area contributed by atoms with Gasteiger partial charge in [0.05, 0.1) is 12.5 Å². The highest BCUT2D eigenvalue weighted by Gasteiger charge is 2.25. The minimum Gasteiger partial charge on any atom is -0.396 e. The molecule has 0 rings (SSSR count). The predicted molar refractivity (Wildman–Crippen MR) is 67.1 cm³/mol. The van der Waals surface area contributed by atoms with Crippen LogP contribution in [-0.4, -0.2) is 36.1 Å². The minimum absolute atomic E-state index is 0.0572. The van der Waals surface area contributed by atoms with Crippen molar-refractivity contribution in [3.63, 3.8) is 0 Å².